The van der Waals surface area contributed by atoms with E-state index in [1.807, 2.05) is 24.3 Å². The van der Waals surface area contributed by atoms with Crippen LogP contribution in [0.15, 0.2) is 24.3 Å². The van der Waals surface area contributed by atoms with Gasteiger partial charge in [0.2, 0.25) is 0 Å². The minimum absolute atomic E-state index is 0.445. The summed E-state index contributed by atoms with van der Waals surface area (Å²) >= 11 is 5.85. The second-order valence-electron chi connectivity index (χ2n) is 6.02. The fourth-order valence-corrected chi connectivity index (χ4v) is 3.20. The molecule has 1 fully saturated rings. The molecule has 1 unspecified atom stereocenters. The molecule has 0 bridgehead atoms. The van der Waals surface area contributed by atoms with Crippen molar-refractivity contribution in [3.8, 4) is 0 Å². The molecule has 0 radical (unpaired) electrons. The van der Waals surface area contributed by atoms with Crippen molar-refractivity contribution in [3.63, 3.8) is 0 Å². The quantitative estimate of drug-likeness (QED) is 0.825. The molecule has 1 atom stereocenters. The second-order valence-corrected chi connectivity index (χ2v) is 6.46. The van der Waals surface area contributed by atoms with E-state index in [2.05, 4.69) is 12.2 Å². The number of rotatable bonds is 6. The van der Waals surface area contributed by atoms with E-state index in [1.54, 1.807) is 0 Å². The Bertz CT molecular complexity index is 384. The number of aliphatic hydroxyl groups is 1. The molecule has 1 aromatic rings. The van der Waals surface area contributed by atoms with E-state index < -0.39 is 6.10 Å². The highest BCUT2D eigenvalue weighted by Crippen LogP contribution is 2.30. The molecular weight excluding hydrogens is 270 g/mol. The first-order valence-corrected chi connectivity index (χ1v) is 8.21. The predicted molar refractivity (Wildman–Crippen MR) is 85.0 cm³/mol. The Morgan fingerprint density at radius 2 is 1.75 bits per heavy atom. The maximum absolute atomic E-state index is 10.1. The molecule has 0 saturated heterocycles. The SMILES string of the molecule is CCC1CCC(CNCC(O)c2ccc(Cl)cc2)CC1. The zero-order chi connectivity index (χ0) is 14.4. The fraction of sp³-hybridized carbons (Fsp3) is 0.647. The Hall–Kier alpha value is -0.570. The lowest BCUT2D eigenvalue weighted by molar-refractivity contribution is 0.168. The normalized spacial score (nSPS) is 24.6. The summed E-state index contributed by atoms with van der Waals surface area (Å²) in [7, 11) is 0. The molecule has 0 heterocycles. The number of nitrogens with one attached hydrogen (secondary N) is 1. The van der Waals surface area contributed by atoms with Crippen LogP contribution in [0.1, 0.15) is 50.7 Å². The van der Waals surface area contributed by atoms with E-state index in [4.69, 9.17) is 11.6 Å². The van der Waals surface area contributed by atoms with Crippen molar-refractivity contribution in [2.24, 2.45) is 11.8 Å². The lowest BCUT2D eigenvalue weighted by atomic mass is 9.81. The van der Waals surface area contributed by atoms with Crippen LogP contribution in [-0.4, -0.2) is 18.2 Å². The largest absolute Gasteiger partial charge is 0.387 e. The van der Waals surface area contributed by atoms with Crippen molar-refractivity contribution in [2.45, 2.75) is 45.1 Å². The first-order chi connectivity index (χ1) is 9.69. The average Bonchev–Trinajstić information content (AvgIpc) is 2.48. The highest BCUT2D eigenvalue weighted by Gasteiger charge is 2.19. The standard InChI is InChI=1S/C17H26ClNO/c1-2-13-3-5-14(6-4-13)11-19-12-17(20)15-7-9-16(18)10-8-15/h7-10,13-14,17,19-20H,2-6,11-12H2,1H3. The lowest BCUT2D eigenvalue weighted by Crippen LogP contribution is -2.29. The maximum Gasteiger partial charge on any atom is 0.0914 e. The first-order valence-electron chi connectivity index (χ1n) is 7.83. The predicted octanol–water partition coefficient (Wildman–Crippen LogP) is 4.18. The van der Waals surface area contributed by atoms with Crippen LogP contribution >= 0.6 is 11.6 Å². The molecule has 2 rings (SSSR count). The van der Waals surface area contributed by atoms with E-state index in [0.29, 0.717) is 11.6 Å². The van der Waals surface area contributed by atoms with Crippen molar-refractivity contribution in [1.82, 2.24) is 5.32 Å². The number of aliphatic hydroxyl groups excluding tert-OH is 1. The number of halogens is 1. The van der Waals surface area contributed by atoms with Crippen LogP contribution in [-0.2, 0) is 0 Å². The molecule has 2 nitrogen and oxygen atoms in total. The van der Waals surface area contributed by atoms with Gasteiger partial charge in [0.15, 0.2) is 0 Å². The summed E-state index contributed by atoms with van der Waals surface area (Å²) in [6, 6.07) is 7.43. The Morgan fingerprint density at radius 1 is 1.15 bits per heavy atom. The summed E-state index contributed by atoms with van der Waals surface area (Å²) in [6.45, 7) is 3.95. The Balaban J connectivity index is 1.67. The van der Waals surface area contributed by atoms with Gasteiger partial charge in [-0.2, -0.15) is 0 Å². The third kappa shape index (κ3) is 4.76. The van der Waals surface area contributed by atoms with Gasteiger partial charge < -0.3 is 10.4 Å². The lowest BCUT2D eigenvalue weighted by Gasteiger charge is -2.28. The van der Waals surface area contributed by atoms with Gasteiger partial charge in [0.25, 0.3) is 0 Å². The summed E-state index contributed by atoms with van der Waals surface area (Å²) in [5.74, 6) is 1.74. The maximum atomic E-state index is 10.1. The molecule has 0 aromatic heterocycles. The average molecular weight is 296 g/mol. The highest BCUT2D eigenvalue weighted by molar-refractivity contribution is 6.30. The van der Waals surface area contributed by atoms with E-state index in [-0.39, 0.29) is 0 Å². The van der Waals surface area contributed by atoms with Crippen LogP contribution in [0.2, 0.25) is 5.02 Å². The molecule has 0 spiro atoms. The zero-order valence-electron chi connectivity index (χ0n) is 12.3. The van der Waals surface area contributed by atoms with Gasteiger partial charge in [0.1, 0.15) is 0 Å². The van der Waals surface area contributed by atoms with Crippen LogP contribution in [0.3, 0.4) is 0 Å². The van der Waals surface area contributed by atoms with Crippen molar-refractivity contribution >= 4 is 11.6 Å². The van der Waals surface area contributed by atoms with Crippen molar-refractivity contribution in [1.29, 1.82) is 0 Å². The summed E-state index contributed by atoms with van der Waals surface area (Å²) in [4.78, 5) is 0. The van der Waals surface area contributed by atoms with Gasteiger partial charge in [-0.15, -0.1) is 0 Å². The summed E-state index contributed by atoms with van der Waals surface area (Å²) in [6.07, 6.45) is 6.31. The Kier molecular flexibility index (Phi) is 6.34. The van der Waals surface area contributed by atoms with Crippen LogP contribution in [0, 0.1) is 11.8 Å². The van der Waals surface area contributed by atoms with Crippen LogP contribution in [0.5, 0.6) is 0 Å². The van der Waals surface area contributed by atoms with Crippen molar-refractivity contribution < 1.29 is 5.11 Å². The van der Waals surface area contributed by atoms with Gasteiger partial charge in [-0.05, 0) is 48.9 Å². The minimum Gasteiger partial charge on any atom is -0.387 e. The molecule has 1 saturated carbocycles. The third-order valence-electron chi connectivity index (χ3n) is 4.57. The molecule has 1 aromatic carbocycles. The summed E-state index contributed by atoms with van der Waals surface area (Å²) in [5.41, 5.74) is 0.927. The van der Waals surface area contributed by atoms with E-state index in [9.17, 15) is 5.11 Å². The van der Waals surface area contributed by atoms with Gasteiger partial charge in [-0.3, -0.25) is 0 Å². The monoisotopic (exact) mass is 295 g/mol. The van der Waals surface area contributed by atoms with Gasteiger partial charge in [0.05, 0.1) is 6.10 Å². The minimum atomic E-state index is -0.445. The molecule has 20 heavy (non-hydrogen) atoms. The van der Waals surface area contributed by atoms with Crippen molar-refractivity contribution in [2.75, 3.05) is 13.1 Å². The molecule has 0 amide bonds. The highest BCUT2D eigenvalue weighted by atomic mass is 35.5. The molecule has 2 N–H and O–H groups in total. The van der Waals surface area contributed by atoms with E-state index in [0.717, 1.165) is 23.9 Å². The van der Waals surface area contributed by atoms with E-state index >= 15 is 0 Å². The van der Waals surface area contributed by atoms with Crippen molar-refractivity contribution in [3.05, 3.63) is 34.9 Å². The molecule has 0 aliphatic heterocycles. The molecular formula is C17H26ClNO. The Labute approximate surface area is 127 Å². The smallest absolute Gasteiger partial charge is 0.0914 e. The number of benzene rings is 1. The molecule has 1 aliphatic carbocycles. The van der Waals surface area contributed by atoms with Gasteiger partial charge in [0, 0.05) is 11.6 Å². The summed E-state index contributed by atoms with van der Waals surface area (Å²) < 4.78 is 0. The molecule has 1 aliphatic rings. The van der Waals surface area contributed by atoms with Gasteiger partial charge >= 0.3 is 0 Å². The second kappa shape index (κ2) is 8.02. The zero-order valence-corrected chi connectivity index (χ0v) is 13.1. The molecule has 112 valence electrons. The van der Waals surface area contributed by atoms with Gasteiger partial charge in [-0.25, -0.2) is 0 Å². The third-order valence-corrected chi connectivity index (χ3v) is 4.82. The number of hydrogen-bond acceptors (Lipinski definition) is 2. The fourth-order valence-electron chi connectivity index (χ4n) is 3.07. The van der Waals surface area contributed by atoms with Gasteiger partial charge in [-0.1, -0.05) is 49.9 Å². The van der Waals surface area contributed by atoms with Crippen LogP contribution in [0.25, 0.3) is 0 Å². The first kappa shape index (κ1) is 15.8. The topological polar surface area (TPSA) is 32.3 Å². The molecule has 3 heteroatoms. The number of hydrogen-bond donors (Lipinski definition) is 2. The van der Waals surface area contributed by atoms with E-state index in [1.165, 1.54) is 32.1 Å². The Morgan fingerprint density at radius 3 is 2.35 bits per heavy atom. The summed E-state index contributed by atoms with van der Waals surface area (Å²) in [5, 5.41) is 14.2. The van der Waals surface area contributed by atoms with Crippen LogP contribution < -0.4 is 5.32 Å². The van der Waals surface area contributed by atoms with Crippen LogP contribution in [0.4, 0.5) is 0 Å².